The van der Waals surface area contributed by atoms with Crippen molar-refractivity contribution in [1.82, 2.24) is 19.7 Å². The molecule has 0 radical (unpaired) electrons. The Labute approximate surface area is 170 Å². The number of benzene rings is 2. The standard InChI is InChI=1S/C21H18N4O3S/c1-14-19(23-21(27)25(20(14)26)12-15-8-4-2-5-9-15)29-13-17-22-18(24-28-17)16-10-6-3-7-11-16/h2-11H,12-13H2,1H3,(H,23,27). The number of nitrogens with zero attached hydrogens (tertiary/aromatic N) is 3. The summed E-state index contributed by atoms with van der Waals surface area (Å²) in [5.74, 6) is 1.27. The zero-order valence-corrected chi connectivity index (χ0v) is 16.5. The van der Waals surface area contributed by atoms with E-state index in [4.69, 9.17) is 4.52 Å². The van der Waals surface area contributed by atoms with E-state index < -0.39 is 5.69 Å². The molecule has 0 fully saturated rings. The Hall–Kier alpha value is -3.39. The van der Waals surface area contributed by atoms with Crippen LogP contribution >= 0.6 is 11.8 Å². The number of aromatic amines is 1. The third kappa shape index (κ3) is 4.22. The van der Waals surface area contributed by atoms with E-state index in [1.165, 1.54) is 16.3 Å². The van der Waals surface area contributed by atoms with Crippen molar-refractivity contribution in [3.05, 3.63) is 98.5 Å². The molecule has 29 heavy (non-hydrogen) atoms. The van der Waals surface area contributed by atoms with Crippen LogP contribution in [0.4, 0.5) is 0 Å². The molecular formula is C21H18N4O3S. The van der Waals surface area contributed by atoms with Gasteiger partial charge in [-0.1, -0.05) is 77.6 Å². The Bertz CT molecular complexity index is 1230. The van der Waals surface area contributed by atoms with Crippen molar-refractivity contribution in [2.24, 2.45) is 0 Å². The van der Waals surface area contributed by atoms with Gasteiger partial charge >= 0.3 is 5.69 Å². The Morgan fingerprint density at radius 3 is 2.45 bits per heavy atom. The van der Waals surface area contributed by atoms with Gasteiger partial charge in [0.25, 0.3) is 5.56 Å². The summed E-state index contributed by atoms with van der Waals surface area (Å²) in [7, 11) is 0. The first-order valence-electron chi connectivity index (χ1n) is 9.00. The van der Waals surface area contributed by atoms with Gasteiger partial charge in [0.2, 0.25) is 11.7 Å². The van der Waals surface area contributed by atoms with Gasteiger partial charge in [-0.3, -0.25) is 9.36 Å². The second-order valence-corrected chi connectivity index (χ2v) is 7.41. The number of hydrogen-bond acceptors (Lipinski definition) is 6. The van der Waals surface area contributed by atoms with Gasteiger partial charge in [-0.15, -0.1) is 0 Å². The highest BCUT2D eigenvalue weighted by molar-refractivity contribution is 7.98. The molecular weight excluding hydrogens is 388 g/mol. The van der Waals surface area contributed by atoms with Gasteiger partial charge < -0.3 is 9.51 Å². The average Bonchev–Trinajstić information content (AvgIpc) is 3.23. The number of hydrogen-bond donors (Lipinski definition) is 1. The number of aromatic nitrogens is 4. The molecule has 4 rings (SSSR count). The van der Waals surface area contributed by atoms with E-state index in [9.17, 15) is 9.59 Å². The Kier molecular flexibility index (Phi) is 5.44. The van der Waals surface area contributed by atoms with Crippen molar-refractivity contribution in [2.75, 3.05) is 0 Å². The fraction of sp³-hybridized carbons (Fsp3) is 0.143. The molecule has 2 aromatic heterocycles. The smallest absolute Gasteiger partial charge is 0.329 e. The van der Waals surface area contributed by atoms with Crippen molar-refractivity contribution in [3.8, 4) is 11.4 Å². The summed E-state index contributed by atoms with van der Waals surface area (Å²) in [6.07, 6.45) is 0. The van der Waals surface area contributed by atoms with Gasteiger partial charge in [-0.25, -0.2) is 4.79 Å². The lowest BCUT2D eigenvalue weighted by molar-refractivity contribution is 0.391. The van der Waals surface area contributed by atoms with E-state index in [1.807, 2.05) is 60.7 Å². The monoisotopic (exact) mass is 406 g/mol. The van der Waals surface area contributed by atoms with Crippen LogP contribution in [0.1, 0.15) is 17.0 Å². The van der Waals surface area contributed by atoms with Crippen LogP contribution in [-0.4, -0.2) is 19.7 Å². The largest absolute Gasteiger partial charge is 0.338 e. The fourth-order valence-electron chi connectivity index (χ4n) is 2.86. The number of rotatable bonds is 6. The second-order valence-electron chi connectivity index (χ2n) is 6.43. The number of H-pyrrole nitrogens is 1. The van der Waals surface area contributed by atoms with Crippen LogP contribution in [0.3, 0.4) is 0 Å². The third-order valence-corrected chi connectivity index (χ3v) is 5.48. The molecule has 0 saturated heterocycles. The SMILES string of the molecule is Cc1c(SCc2nc(-c3ccccc3)no2)[nH]c(=O)n(Cc2ccccc2)c1=O. The van der Waals surface area contributed by atoms with Crippen molar-refractivity contribution in [3.63, 3.8) is 0 Å². The molecule has 0 aliphatic heterocycles. The molecule has 2 aromatic carbocycles. The van der Waals surface area contributed by atoms with Crippen LogP contribution in [0, 0.1) is 6.92 Å². The number of thioether (sulfide) groups is 1. The van der Waals surface area contributed by atoms with Crippen molar-refractivity contribution >= 4 is 11.8 Å². The minimum absolute atomic E-state index is 0.227. The van der Waals surface area contributed by atoms with Gasteiger partial charge in [0, 0.05) is 11.1 Å². The maximum Gasteiger partial charge on any atom is 0.329 e. The van der Waals surface area contributed by atoms with Crippen LogP contribution in [0.2, 0.25) is 0 Å². The first-order valence-corrected chi connectivity index (χ1v) is 9.99. The molecule has 8 heteroatoms. The molecule has 0 saturated carbocycles. The minimum atomic E-state index is -0.442. The van der Waals surface area contributed by atoms with Crippen LogP contribution < -0.4 is 11.2 Å². The maximum atomic E-state index is 12.7. The highest BCUT2D eigenvalue weighted by Gasteiger charge is 2.14. The Morgan fingerprint density at radius 1 is 1.03 bits per heavy atom. The van der Waals surface area contributed by atoms with Crippen molar-refractivity contribution < 1.29 is 4.52 Å². The fourth-order valence-corrected chi connectivity index (χ4v) is 3.70. The normalized spacial score (nSPS) is 10.9. The van der Waals surface area contributed by atoms with Crippen LogP contribution in [-0.2, 0) is 12.3 Å². The topological polar surface area (TPSA) is 93.8 Å². The van der Waals surface area contributed by atoms with E-state index >= 15 is 0 Å². The Morgan fingerprint density at radius 2 is 1.72 bits per heavy atom. The maximum absolute atomic E-state index is 12.7. The van der Waals surface area contributed by atoms with Gasteiger partial charge in [0.1, 0.15) is 0 Å². The lowest BCUT2D eigenvalue weighted by atomic mass is 10.2. The lowest BCUT2D eigenvalue weighted by Crippen LogP contribution is -2.37. The predicted octanol–water partition coefficient (Wildman–Crippen LogP) is 3.24. The third-order valence-electron chi connectivity index (χ3n) is 4.40. The summed E-state index contributed by atoms with van der Waals surface area (Å²) in [5.41, 5.74) is 1.48. The van der Waals surface area contributed by atoms with Crippen LogP contribution in [0.5, 0.6) is 0 Å². The first kappa shape index (κ1) is 18.9. The summed E-state index contributed by atoms with van der Waals surface area (Å²) >= 11 is 1.29. The molecule has 4 aromatic rings. The molecule has 0 unspecified atom stereocenters. The van der Waals surface area contributed by atoms with E-state index in [2.05, 4.69) is 15.1 Å². The molecule has 0 aliphatic rings. The zero-order valence-electron chi connectivity index (χ0n) is 15.7. The summed E-state index contributed by atoms with van der Waals surface area (Å²) in [4.78, 5) is 32.3. The van der Waals surface area contributed by atoms with Crippen LogP contribution in [0.15, 0.2) is 79.8 Å². The van der Waals surface area contributed by atoms with E-state index in [0.717, 1.165) is 11.1 Å². The van der Waals surface area contributed by atoms with Crippen molar-refractivity contribution in [1.29, 1.82) is 0 Å². The van der Waals surface area contributed by atoms with Gasteiger partial charge in [0.15, 0.2) is 0 Å². The van der Waals surface area contributed by atoms with E-state index in [-0.39, 0.29) is 12.1 Å². The molecule has 2 heterocycles. The molecule has 0 aliphatic carbocycles. The van der Waals surface area contributed by atoms with E-state index in [0.29, 0.717) is 28.1 Å². The molecule has 0 spiro atoms. The van der Waals surface area contributed by atoms with Gasteiger partial charge in [-0.2, -0.15) is 4.98 Å². The lowest BCUT2D eigenvalue weighted by Gasteiger charge is -2.09. The molecule has 0 amide bonds. The molecule has 0 atom stereocenters. The van der Waals surface area contributed by atoms with E-state index in [1.54, 1.807) is 6.92 Å². The molecule has 7 nitrogen and oxygen atoms in total. The second kappa shape index (κ2) is 8.32. The quantitative estimate of drug-likeness (QED) is 0.390. The highest BCUT2D eigenvalue weighted by atomic mass is 32.2. The molecule has 1 N–H and O–H groups in total. The summed E-state index contributed by atoms with van der Waals surface area (Å²) in [5, 5.41) is 4.48. The predicted molar refractivity (Wildman–Crippen MR) is 111 cm³/mol. The number of nitrogens with one attached hydrogen (secondary N) is 1. The minimum Gasteiger partial charge on any atom is -0.338 e. The molecule has 0 bridgehead atoms. The van der Waals surface area contributed by atoms with Crippen molar-refractivity contribution in [2.45, 2.75) is 24.2 Å². The van der Waals surface area contributed by atoms with Gasteiger partial charge in [0.05, 0.1) is 17.3 Å². The Balaban J connectivity index is 1.52. The highest BCUT2D eigenvalue weighted by Crippen LogP contribution is 2.22. The average molecular weight is 406 g/mol. The first-order chi connectivity index (χ1) is 14.1. The molecule has 146 valence electrons. The summed E-state index contributed by atoms with van der Waals surface area (Å²) < 4.78 is 6.49. The summed E-state index contributed by atoms with van der Waals surface area (Å²) in [6.45, 7) is 1.93. The van der Waals surface area contributed by atoms with Gasteiger partial charge in [-0.05, 0) is 12.5 Å². The zero-order chi connectivity index (χ0) is 20.2. The summed E-state index contributed by atoms with van der Waals surface area (Å²) in [6, 6.07) is 18.9. The van der Waals surface area contributed by atoms with Crippen LogP contribution in [0.25, 0.3) is 11.4 Å².